The number of rotatable bonds is 5. The minimum absolute atomic E-state index is 0.436. The maximum absolute atomic E-state index is 5.60. The van der Waals surface area contributed by atoms with E-state index in [1.54, 1.807) is 16.9 Å². The molecule has 0 fully saturated rings. The second-order valence-corrected chi connectivity index (χ2v) is 4.20. The molecule has 2 rings (SSSR count). The fourth-order valence-corrected chi connectivity index (χ4v) is 1.71. The molecule has 2 aromatic heterocycles. The van der Waals surface area contributed by atoms with Crippen molar-refractivity contribution in [2.24, 2.45) is 0 Å². The van der Waals surface area contributed by atoms with Gasteiger partial charge in [-0.3, -0.25) is 4.68 Å². The average molecular weight is 298 g/mol. The lowest BCUT2D eigenvalue weighted by Crippen LogP contribution is -2.10. The third kappa shape index (κ3) is 3.66. The summed E-state index contributed by atoms with van der Waals surface area (Å²) in [6.45, 7) is 1.55. The first-order valence-corrected chi connectivity index (χ1v) is 5.91. The molecule has 0 aliphatic heterocycles. The number of nitrogens with two attached hydrogens (primary N) is 1. The van der Waals surface area contributed by atoms with Gasteiger partial charge in [-0.05, 0) is 22.4 Å². The van der Waals surface area contributed by atoms with Crippen molar-refractivity contribution in [2.75, 3.05) is 17.6 Å². The van der Waals surface area contributed by atoms with E-state index in [1.165, 1.54) is 0 Å². The van der Waals surface area contributed by atoms with Crippen molar-refractivity contribution in [1.29, 1.82) is 0 Å². The highest BCUT2D eigenvalue weighted by Gasteiger charge is 1.99. The molecule has 2 heterocycles. The van der Waals surface area contributed by atoms with Crippen LogP contribution in [0.2, 0.25) is 0 Å². The van der Waals surface area contributed by atoms with Crippen LogP contribution in [-0.2, 0) is 6.54 Å². The van der Waals surface area contributed by atoms with Gasteiger partial charge in [-0.1, -0.05) is 5.21 Å². The highest BCUT2D eigenvalue weighted by molar-refractivity contribution is 9.10. The van der Waals surface area contributed by atoms with Gasteiger partial charge in [0.25, 0.3) is 0 Å². The Morgan fingerprint density at radius 3 is 3.00 bits per heavy atom. The smallest absolute Gasteiger partial charge is 0.225 e. The van der Waals surface area contributed by atoms with Crippen LogP contribution < -0.4 is 11.1 Å². The minimum Gasteiger partial charge on any atom is -0.383 e. The van der Waals surface area contributed by atoms with Crippen LogP contribution in [-0.4, -0.2) is 31.5 Å². The summed E-state index contributed by atoms with van der Waals surface area (Å²) in [6.07, 6.45) is 4.39. The average Bonchev–Trinajstić information content (AvgIpc) is 2.76. The van der Waals surface area contributed by atoms with E-state index in [1.807, 2.05) is 6.20 Å². The van der Waals surface area contributed by atoms with Crippen molar-refractivity contribution in [3.8, 4) is 0 Å². The maximum Gasteiger partial charge on any atom is 0.225 e. The van der Waals surface area contributed by atoms with Crippen molar-refractivity contribution in [3.63, 3.8) is 0 Å². The van der Waals surface area contributed by atoms with Crippen LogP contribution >= 0.6 is 15.9 Å². The zero-order chi connectivity index (χ0) is 12.1. The summed E-state index contributed by atoms with van der Waals surface area (Å²) in [5.41, 5.74) is 5.60. The Morgan fingerprint density at radius 1 is 1.41 bits per heavy atom. The summed E-state index contributed by atoms with van der Waals surface area (Å²) in [7, 11) is 0. The van der Waals surface area contributed by atoms with E-state index in [0.717, 1.165) is 19.5 Å². The molecule has 7 nitrogen and oxygen atoms in total. The number of aryl methyl sites for hydroxylation is 1. The third-order valence-corrected chi connectivity index (χ3v) is 2.44. The number of aromatic nitrogens is 5. The quantitative estimate of drug-likeness (QED) is 0.629. The number of hydrogen-bond donors (Lipinski definition) is 2. The van der Waals surface area contributed by atoms with Gasteiger partial charge in [0, 0.05) is 25.4 Å². The van der Waals surface area contributed by atoms with Gasteiger partial charge in [0.2, 0.25) is 5.95 Å². The molecule has 0 amide bonds. The Bertz CT molecular complexity index is 450. The molecule has 0 atom stereocenters. The van der Waals surface area contributed by atoms with Gasteiger partial charge < -0.3 is 11.1 Å². The number of anilines is 2. The molecular formula is C9H12BrN7. The molecule has 0 saturated heterocycles. The Morgan fingerprint density at radius 2 is 2.29 bits per heavy atom. The standard InChI is InChI=1S/C9H12BrN7/c10-7-6-8(11)15-9(14-7)12-2-1-4-17-5-3-13-16-17/h3,5-6H,1-2,4H2,(H3,11,12,14,15). The zero-order valence-corrected chi connectivity index (χ0v) is 10.6. The number of nitrogens with one attached hydrogen (secondary N) is 1. The van der Waals surface area contributed by atoms with Crippen LogP contribution in [0.25, 0.3) is 0 Å². The lowest BCUT2D eigenvalue weighted by atomic mass is 10.4. The van der Waals surface area contributed by atoms with Crippen LogP contribution in [0.1, 0.15) is 6.42 Å². The number of halogens is 1. The lowest BCUT2D eigenvalue weighted by Gasteiger charge is -2.05. The largest absolute Gasteiger partial charge is 0.383 e. The van der Waals surface area contributed by atoms with Crippen LogP contribution in [0.5, 0.6) is 0 Å². The first-order valence-electron chi connectivity index (χ1n) is 5.12. The van der Waals surface area contributed by atoms with Gasteiger partial charge in [-0.2, -0.15) is 4.98 Å². The fourth-order valence-electron chi connectivity index (χ4n) is 1.31. The molecule has 90 valence electrons. The van der Waals surface area contributed by atoms with E-state index in [9.17, 15) is 0 Å². The molecule has 0 unspecified atom stereocenters. The van der Waals surface area contributed by atoms with Crippen molar-refractivity contribution < 1.29 is 0 Å². The normalized spacial score (nSPS) is 10.4. The number of nitrogens with zero attached hydrogens (tertiary/aromatic N) is 5. The van der Waals surface area contributed by atoms with E-state index in [-0.39, 0.29) is 0 Å². The highest BCUT2D eigenvalue weighted by Crippen LogP contribution is 2.12. The lowest BCUT2D eigenvalue weighted by molar-refractivity contribution is 0.569. The summed E-state index contributed by atoms with van der Waals surface area (Å²) in [6, 6.07) is 1.65. The van der Waals surface area contributed by atoms with Crippen LogP contribution in [0.4, 0.5) is 11.8 Å². The first-order chi connectivity index (χ1) is 8.24. The molecule has 8 heteroatoms. The molecule has 0 radical (unpaired) electrons. The second kappa shape index (κ2) is 5.58. The van der Waals surface area contributed by atoms with Gasteiger partial charge in [0.05, 0.1) is 6.20 Å². The molecular weight excluding hydrogens is 286 g/mol. The molecule has 3 N–H and O–H groups in total. The molecule has 2 aromatic rings. The number of nitrogen functional groups attached to an aromatic ring is 1. The van der Waals surface area contributed by atoms with Gasteiger partial charge in [-0.15, -0.1) is 5.10 Å². The van der Waals surface area contributed by atoms with E-state index in [4.69, 9.17) is 5.73 Å². The Balaban J connectivity index is 1.78. The monoisotopic (exact) mass is 297 g/mol. The summed E-state index contributed by atoms with van der Waals surface area (Å²) in [5, 5.41) is 10.7. The molecule has 0 aliphatic rings. The van der Waals surface area contributed by atoms with Crippen molar-refractivity contribution >= 4 is 27.7 Å². The van der Waals surface area contributed by atoms with Gasteiger partial charge >= 0.3 is 0 Å². The van der Waals surface area contributed by atoms with E-state index in [2.05, 4.69) is 41.5 Å². The molecule has 0 aromatic carbocycles. The molecule has 0 aliphatic carbocycles. The fraction of sp³-hybridized carbons (Fsp3) is 0.333. The van der Waals surface area contributed by atoms with E-state index >= 15 is 0 Å². The van der Waals surface area contributed by atoms with Gasteiger partial charge in [-0.25, -0.2) is 4.98 Å². The first kappa shape index (κ1) is 11.8. The van der Waals surface area contributed by atoms with Gasteiger partial charge in [0.1, 0.15) is 10.4 Å². The SMILES string of the molecule is Nc1cc(Br)nc(NCCCn2ccnn2)n1. The Hall–Kier alpha value is -1.70. The zero-order valence-electron chi connectivity index (χ0n) is 9.04. The van der Waals surface area contributed by atoms with Crippen molar-refractivity contribution in [2.45, 2.75) is 13.0 Å². The molecule has 0 bridgehead atoms. The van der Waals surface area contributed by atoms with Crippen molar-refractivity contribution in [1.82, 2.24) is 25.0 Å². The van der Waals surface area contributed by atoms with Crippen LogP contribution in [0, 0.1) is 0 Å². The maximum atomic E-state index is 5.60. The summed E-state index contributed by atoms with van der Waals surface area (Å²) in [5.74, 6) is 0.959. The van der Waals surface area contributed by atoms with E-state index < -0.39 is 0 Å². The summed E-state index contributed by atoms with van der Waals surface area (Å²) in [4.78, 5) is 8.21. The second-order valence-electron chi connectivity index (χ2n) is 3.39. The Kier molecular flexibility index (Phi) is 3.86. The van der Waals surface area contributed by atoms with Crippen LogP contribution in [0.3, 0.4) is 0 Å². The summed E-state index contributed by atoms with van der Waals surface area (Å²) < 4.78 is 2.45. The molecule has 17 heavy (non-hydrogen) atoms. The molecule has 0 saturated carbocycles. The third-order valence-electron chi connectivity index (χ3n) is 2.03. The molecule has 0 spiro atoms. The predicted octanol–water partition coefficient (Wildman–Crippen LogP) is 0.915. The topological polar surface area (TPSA) is 94.5 Å². The Labute approximate surface area is 107 Å². The van der Waals surface area contributed by atoms with Gasteiger partial charge in [0.15, 0.2) is 0 Å². The summed E-state index contributed by atoms with van der Waals surface area (Å²) >= 11 is 3.26. The number of hydrogen-bond acceptors (Lipinski definition) is 6. The minimum atomic E-state index is 0.436. The van der Waals surface area contributed by atoms with Crippen molar-refractivity contribution in [3.05, 3.63) is 23.1 Å². The van der Waals surface area contributed by atoms with Crippen LogP contribution in [0.15, 0.2) is 23.1 Å². The predicted molar refractivity (Wildman–Crippen MR) is 67.3 cm³/mol. The van der Waals surface area contributed by atoms with E-state index in [0.29, 0.717) is 16.4 Å². The highest BCUT2D eigenvalue weighted by atomic mass is 79.9.